The van der Waals surface area contributed by atoms with E-state index in [4.69, 9.17) is 20.8 Å². The molecule has 0 aliphatic carbocycles. The first-order valence-electron chi connectivity index (χ1n) is 9.85. The molecule has 3 heterocycles. The van der Waals surface area contributed by atoms with Gasteiger partial charge in [-0.3, -0.25) is 0 Å². The van der Waals surface area contributed by atoms with E-state index in [0.717, 1.165) is 5.01 Å². The Kier molecular flexibility index (Phi) is 5.54. The molecule has 8 nitrogen and oxygen atoms in total. The smallest absolute Gasteiger partial charge is 0.410 e. The standard InChI is InChI=1S/C21H22ClN5O3S/c1-12-11-26(20(28)30-21(2,3)4)6-7-27(12)19-25-16-14(10-23)15(22)9-13(17(16)29-19)18-24-5-8-31-18/h5,8-9,12H,6-7,11H2,1-4H3/t12-/m0/s1. The van der Waals surface area contributed by atoms with Gasteiger partial charge in [-0.15, -0.1) is 11.3 Å². The molecule has 1 amide bonds. The van der Waals surface area contributed by atoms with Crippen LogP contribution in [0.3, 0.4) is 0 Å². The summed E-state index contributed by atoms with van der Waals surface area (Å²) in [6.45, 7) is 9.01. The molecule has 0 N–H and O–H groups in total. The highest BCUT2D eigenvalue weighted by atomic mass is 35.5. The number of piperazine rings is 1. The van der Waals surface area contributed by atoms with Gasteiger partial charge in [0.2, 0.25) is 0 Å². The zero-order chi connectivity index (χ0) is 22.3. The number of amides is 1. The van der Waals surface area contributed by atoms with E-state index in [-0.39, 0.29) is 17.7 Å². The van der Waals surface area contributed by atoms with E-state index in [9.17, 15) is 10.1 Å². The second kappa shape index (κ2) is 8.02. The monoisotopic (exact) mass is 459 g/mol. The number of carbonyl (C=O) groups excluding carboxylic acids is 1. The van der Waals surface area contributed by atoms with Crippen molar-refractivity contribution < 1.29 is 13.9 Å². The number of hydrogen-bond donors (Lipinski definition) is 0. The van der Waals surface area contributed by atoms with Crippen LogP contribution >= 0.6 is 22.9 Å². The lowest BCUT2D eigenvalue weighted by atomic mass is 10.1. The lowest BCUT2D eigenvalue weighted by Crippen LogP contribution is -2.54. The minimum Gasteiger partial charge on any atom is -0.444 e. The van der Waals surface area contributed by atoms with Crippen molar-refractivity contribution in [2.75, 3.05) is 24.5 Å². The van der Waals surface area contributed by atoms with Crippen LogP contribution in [0.1, 0.15) is 33.3 Å². The van der Waals surface area contributed by atoms with Crippen LogP contribution in [-0.4, -0.2) is 52.2 Å². The molecule has 0 spiro atoms. The molecule has 0 saturated carbocycles. The van der Waals surface area contributed by atoms with E-state index in [1.54, 1.807) is 17.2 Å². The number of thiazole rings is 1. The number of ether oxygens (including phenoxy) is 1. The molecule has 162 valence electrons. The number of aromatic nitrogens is 2. The van der Waals surface area contributed by atoms with Crippen LogP contribution in [0, 0.1) is 11.3 Å². The highest BCUT2D eigenvalue weighted by Crippen LogP contribution is 2.38. The Bertz CT molecular complexity index is 1160. The van der Waals surface area contributed by atoms with Gasteiger partial charge in [0.1, 0.15) is 27.8 Å². The van der Waals surface area contributed by atoms with E-state index in [1.807, 2.05) is 38.0 Å². The van der Waals surface area contributed by atoms with Gasteiger partial charge >= 0.3 is 6.09 Å². The summed E-state index contributed by atoms with van der Waals surface area (Å²) in [5.74, 6) is 0. The van der Waals surface area contributed by atoms with Gasteiger partial charge in [-0.25, -0.2) is 9.78 Å². The summed E-state index contributed by atoms with van der Waals surface area (Å²) >= 11 is 7.81. The van der Waals surface area contributed by atoms with Gasteiger partial charge in [0.05, 0.1) is 10.6 Å². The van der Waals surface area contributed by atoms with Crippen molar-refractivity contribution in [1.82, 2.24) is 14.9 Å². The van der Waals surface area contributed by atoms with E-state index < -0.39 is 5.60 Å². The van der Waals surface area contributed by atoms with Gasteiger partial charge in [0.15, 0.2) is 5.58 Å². The third-order valence-corrected chi connectivity index (χ3v) is 6.01. The van der Waals surface area contributed by atoms with E-state index in [0.29, 0.717) is 47.3 Å². The van der Waals surface area contributed by atoms with Crippen molar-refractivity contribution >= 4 is 46.1 Å². The molecule has 4 rings (SSSR count). The van der Waals surface area contributed by atoms with Crippen molar-refractivity contribution in [1.29, 1.82) is 5.26 Å². The SMILES string of the molecule is C[C@H]1CN(C(=O)OC(C)(C)C)CCN1c1nc2c(C#N)c(Cl)cc(-c3nccs3)c2o1. The number of hydrogen-bond acceptors (Lipinski definition) is 8. The van der Waals surface area contributed by atoms with Crippen LogP contribution < -0.4 is 4.90 Å². The number of benzene rings is 1. The van der Waals surface area contributed by atoms with Crippen molar-refractivity contribution in [2.45, 2.75) is 39.3 Å². The third-order valence-electron chi connectivity index (χ3n) is 4.91. The molecule has 1 aliphatic rings. The molecule has 10 heteroatoms. The van der Waals surface area contributed by atoms with Crippen LogP contribution in [0.4, 0.5) is 10.8 Å². The van der Waals surface area contributed by atoms with Gasteiger partial charge in [-0.1, -0.05) is 11.6 Å². The Hall–Kier alpha value is -2.83. The lowest BCUT2D eigenvalue weighted by molar-refractivity contribution is 0.0216. The van der Waals surface area contributed by atoms with Crippen LogP contribution in [0.2, 0.25) is 5.02 Å². The molecule has 0 bridgehead atoms. The van der Waals surface area contributed by atoms with E-state index in [1.165, 1.54) is 11.3 Å². The molecule has 1 saturated heterocycles. The Balaban J connectivity index is 1.66. The quantitative estimate of drug-likeness (QED) is 0.536. The third kappa shape index (κ3) is 4.18. The molecule has 1 fully saturated rings. The average molecular weight is 460 g/mol. The number of halogens is 1. The highest BCUT2D eigenvalue weighted by molar-refractivity contribution is 7.13. The molecule has 1 aliphatic heterocycles. The summed E-state index contributed by atoms with van der Waals surface area (Å²) in [6.07, 6.45) is 1.37. The summed E-state index contributed by atoms with van der Waals surface area (Å²) in [5.41, 5.74) is 1.32. The molecular formula is C21H22ClN5O3S. The number of nitrogens with zero attached hydrogens (tertiary/aromatic N) is 5. The molecule has 1 atom stereocenters. The molecule has 31 heavy (non-hydrogen) atoms. The maximum atomic E-state index is 12.4. The zero-order valence-corrected chi connectivity index (χ0v) is 19.3. The van der Waals surface area contributed by atoms with Gasteiger partial charge in [-0.05, 0) is 33.8 Å². The fourth-order valence-corrected chi connectivity index (χ4v) is 4.41. The minimum atomic E-state index is -0.545. The number of nitriles is 1. The topological polar surface area (TPSA) is 95.5 Å². The fraction of sp³-hybridized carbons (Fsp3) is 0.429. The largest absolute Gasteiger partial charge is 0.444 e. The number of oxazole rings is 1. The molecule has 2 aromatic heterocycles. The predicted molar refractivity (Wildman–Crippen MR) is 119 cm³/mol. The normalized spacial score (nSPS) is 17.1. The maximum absolute atomic E-state index is 12.4. The van der Waals surface area contributed by atoms with Crippen molar-refractivity contribution in [2.24, 2.45) is 0 Å². The predicted octanol–water partition coefficient (Wildman–Crippen LogP) is 4.92. The molecule has 3 aromatic rings. The lowest BCUT2D eigenvalue weighted by Gasteiger charge is -2.39. The second-order valence-corrected chi connectivity index (χ2v) is 9.67. The summed E-state index contributed by atoms with van der Waals surface area (Å²) in [5, 5.41) is 12.5. The summed E-state index contributed by atoms with van der Waals surface area (Å²) < 4.78 is 11.6. The summed E-state index contributed by atoms with van der Waals surface area (Å²) in [4.78, 5) is 25.1. The number of anilines is 1. The average Bonchev–Trinajstić information content (AvgIpc) is 3.36. The first-order valence-corrected chi connectivity index (χ1v) is 11.1. The van der Waals surface area contributed by atoms with Crippen molar-refractivity contribution in [3.05, 3.63) is 28.2 Å². The molecule has 0 radical (unpaired) electrons. The highest BCUT2D eigenvalue weighted by Gasteiger charge is 2.32. The van der Waals surface area contributed by atoms with E-state index in [2.05, 4.69) is 16.0 Å². The van der Waals surface area contributed by atoms with E-state index >= 15 is 0 Å². The Morgan fingerprint density at radius 2 is 2.19 bits per heavy atom. The number of fused-ring (bicyclic) bond motifs is 1. The summed E-state index contributed by atoms with van der Waals surface area (Å²) in [7, 11) is 0. The van der Waals surface area contributed by atoms with Crippen molar-refractivity contribution in [3.63, 3.8) is 0 Å². The first-order chi connectivity index (χ1) is 14.7. The van der Waals surface area contributed by atoms with Crippen LogP contribution in [0.25, 0.3) is 21.7 Å². The van der Waals surface area contributed by atoms with Gasteiger partial charge in [-0.2, -0.15) is 10.2 Å². The fourth-order valence-electron chi connectivity index (χ4n) is 3.52. The summed E-state index contributed by atoms with van der Waals surface area (Å²) in [6, 6.07) is 4.15. The Morgan fingerprint density at radius 1 is 1.42 bits per heavy atom. The van der Waals surface area contributed by atoms with Crippen LogP contribution in [0.15, 0.2) is 22.1 Å². The van der Waals surface area contributed by atoms with Gasteiger partial charge in [0, 0.05) is 37.3 Å². The van der Waals surface area contributed by atoms with Crippen LogP contribution in [0.5, 0.6) is 0 Å². The molecule has 1 aromatic carbocycles. The maximum Gasteiger partial charge on any atom is 0.410 e. The zero-order valence-electron chi connectivity index (χ0n) is 17.7. The number of carbonyl (C=O) groups is 1. The molecule has 0 unspecified atom stereocenters. The second-order valence-electron chi connectivity index (χ2n) is 8.37. The van der Waals surface area contributed by atoms with Crippen molar-refractivity contribution in [3.8, 4) is 16.6 Å². The Labute approximate surface area is 189 Å². The molecular weight excluding hydrogens is 438 g/mol. The first kappa shape index (κ1) is 21.4. The van der Waals surface area contributed by atoms with Crippen LogP contribution in [-0.2, 0) is 4.74 Å². The number of rotatable bonds is 2. The minimum absolute atomic E-state index is 0.0568. The van der Waals surface area contributed by atoms with Gasteiger partial charge in [0.25, 0.3) is 6.01 Å². The van der Waals surface area contributed by atoms with Gasteiger partial charge < -0.3 is 19.0 Å². The Morgan fingerprint density at radius 3 is 2.81 bits per heavy atom.